The van der Waals surface area contributed by atoms with E-state index in [0.717, 1.165) is 45.3 Å². The topological polar surface area (TPSA) is 227 Å². The number of halogens is 3. The minimum absolute atomic E-state index is 0.0641. The molecule has 0 aliphatic heterocycles. The predicted octanol–water partition coefficient (Wildman–Crippen LogP) is 9.66. The quantitative estimate of drug-likeness (QED) is 0.0453. The van der Waals surface area contributed by atoms with E-state index in [4.69, 9.17) is 5.73 Å². The number of nitrogens with two attached hydrogens (primary N) is 1. The molecule has 1 aromatic heterocycles. The van der Waals surface area contributed by atoms with Crippen LogP contribution in [0.4, 0.5) is 47.3 Å². The number of para-hydroxylation sites is 3. The van der Waals surface area contributed by atoms with Crippen molar-refractivity contribution < 1.29 is 40.5 Å². The highest BCUT2D eigenvalue weighted by Crippen LogP contribution is 2.29. The molecule has 7 aromatic rings. The van der Waals surface area contributed by atoms with E-state index >= 15 is 0 Å². The Balaban J connectivity index is 0.000000168. The van der Waals surface area contributed by atoms with Gasteiger partial charge in [0.2, 0.25) is 0 Å². The number of anilines is 3. The molecule has 0 atom stereocenters. The SMILES string of the molecule is Nc1ccc([N+](=O)[O-])cc1.O=S(=O)(Oc1ccccc1)C(F)(F)F.O=[N+]([O-])c1ccc(Nc2ccccc2)cc1.O=[N+]([O-])c1ccc2[nH]c3ccccc3c2c1. The van der Waals surface area contributed by atoms with Gasteiger partial charge in [0.25, 0.3) is 17.1 Å². The van der Waals surface area contributed by atoms with Crippen LogP contribution in [0.5, 0.6) is 5.75 Å². The Kier molecular flexibility index (Phi) is 13.6. The van der Waals surface area contributed by atoms with Gasteiger partial charge in [0, 0.05) is 75.3 Å². The van der Waals surface area contributed by atoms with Crippen LogP contribution in [0.3, 0.4) is 0 Å². The molecule has 56 heavy (non-hydrogen) atoms. The largest absolute Gasteiger partial charge is 0.534 e. The van der Waals surface area contributed by atoms with Crippen LogP contribution in [0.2, 0.25) is 0 Å². The fourth-order valence-electron chi connectivity index (χ4n) is 4.55. The minimum atomic E-state index is -5.55. The number of nitrogens with one attached hydrogen (secondary N) is 2. The first-order chi connectivity index (χ1) is 26.5. The van der Waals surface area contributed by atoms with Crippen LogP contribution >= 0.6 is 0 Å². The van der Waals surface area contributed by atoms with Gasteiger partial charge in [0.05, 0.1) is 14.8 Å². The molecule has 0 fully saturated rings. The maximum absolute atomic E-state index is 11.8. The van der Waals surface area contributed by atoms with Gasteiger partial charge in [-0.25, -0.2) is 0 Å². The van der Waals surface area contributed by atoms with Gasteiger partial charge in [-0.1, -0.05) is 54.6 Å². The average Bonchev–Trinajstić information content (AvgIpc) is 3.54. The summed E-state index contributed by atoms with van der Waals surface area (Å²) in [6.07, 6.45) is 0. The smallest absolute Gasteiger partial charge is 0.399 e. The molecule has 288 valence electrons. The molecule has 0 amide bonds. The lowest BCUT2D eigenvalue weighted by atomic mass is 10.1. The van der Waals surface area contributed by atoms with E-state index in [1.165, 1.54) is 60.7 Å². The second-order valence-corrected chi connectivity index (χ2v) is 12.6. The van der Waals surface area contributed by atoms with Crippen LogP contribution in [-0.4, -0.2) is 33.7 Å². The summed E-state index contributed by atoms with van der Waals surface area (Å²) in [6, 6.07) is 40.8. The Bertz CT molecular complexity index is 2520. The number of rotatable bonds is 7. The number of hydrogen-bond donors (Lipinski definition) is 3. The summed E-state index contributed by atoms with van der Waals surface area (Å²) in [7, 11) is -5.55. The van der Waals surface area contributed by atoms with E-state index < -0.39 is 25.5 Å². The number of benzene rings is 6. The lowest BCUT2D eigenvalue weighted by molar-refractivity contribution is -0.385. The number of H-pyrrole nitrogens is 1. The molecule has 0 saturated heterocycles. The molecule has 0 radical (unpaired) electrons. The Labute approximate surface area is 315 Å². The minimum Gasteiger partial charge on any atom is -0.399 e. The average molecular weight is 791 g/mol. The van der Waals surface area contributed by atoms with Gasteiger partial charge in [0.1, 0.15) is 5.75 Å². The number of nitro benzene ring substituents is 3. The first kappa shape index (κ1) is 41.2. The van der Waals surface area contributed by atoms with Crippen LogP contribution < -0.4 is 15.2 Å². The number of fused-ring (bicyclic) bond motifs is 3. The van der Waals surface area contributed by atoms with Gasteiger partial charge >= 0.3 is 15.6 Å². The molecule has 7 rings (SSSR count). The van der Waals surface area contributed by atoms with Crippen molar-refractivity contribution in [2.24, 2.45) is 0 Å². The van der Waals surface area contributed by atoms with E-state index in [1.54, 1.807) is 24.3 Å². The highest BCUT2D eigenvalue weighted by atomic mass is 32.2. The fraction of sp³-hybridized carbons (Fsp3) is 0.0270. The Morgan fingerprint density at radius 2 is 1.02 bits per heavy atom. The van der Waals surface area contributed by atoms with Crippen molar-refractivity contribution in [1.82, 2.24) is 4.98 Å². The highest BCUT2D eigenvalue weighted by molar-refractivity contribution is 7.88. The van der Waals surface area contributed by atoms with E-state index in [1.807, 2.05) is 54.6 Å². The summed E-state index contributed by atoms with van der Waals surface area (Å²) in [6.45, 7) is 0. The summed E-state index contributed by atoms with van der Waals surface area (Å²) in [4.78, 5) is 33.2. The number of aromatic amines is 1. The van der Waals surface area contributed by atoms with Crippen molar-refractivity contribution in [1.29, 1.82) is 0 Å². The molecule has 0 aliphatic carbocycles. The maximum atomic E-state index is 11.8. The van der Waals surface area contributed by atoms with E-state index in [9.17, 15) is 51.9 Å². The Morgan fingerprint density at radius 3 is 1.55 bits per heavy atom. The normalized spacial score (nSPS) is 10.7. The van der Waals surface area contributed by atoms with Gasteiger partial charge in [-0.3, -0.25) is 30.3 Å². The van der Waals surface area contributed by atoms with Gasteiger partial charge < -0.3 is 20.2 Å². The number of non-ortho nitro benzene ring substituents is 3. The fourth-order valence-corrected chi connectivity index (χ4v) is 5.01. The Hall–Kier alpha value is -7.54. The molecule has 0 saturated carbocycles. The third-order valence-corrected chi connectivity index (χ3v) is 8.16. The van der Waals surface area contributed by atoms with Crippen molar-refractivity contribution >= 4 is 66.0 Å². The number of nitrogen functional groups attached to an aromatic ring is 1. The zero-order valence-corrected chi connectivity index (χ0v) is 29.4. The van der Waals surface area contributed by atoms with Crippen molar-refractivity contribution in [3.8, 4) is 5.75 Å². The summed E-state index contributed by atoms with van der Waals surface area (Å²) < 4.78 is 60.2. The molecule has 15 nitrogen and oxygen atoms in total. The van der Waals surface area contributed by atoms with Crippen LogP contribution in [-0.2, 0) is 10.1 Å². The molecule has 1 heterocycles. The number of aromatic nitrogens is 1. The summed E-state index contributed by atoms with van der Waals surface area (Å²) >= 11 is 0. The van der Waals surface area contributed by atoms with E-state index in [0.29, 0.717) is 5.69 Å². The third-order valence-electron chi connectivity index (χ3n) is 7.18. The van der Waals surface area contributed by atoms with Gasteiger partial charge in [-0.2, -0.15) is 21.6 Å². The molecule has 0 unspecified atom stereocenters. The number of alkyl halides is 3. The third kappa shape index (κ3) is 11.7. The highest BCUT2D eigenvalue weighted by Gasteiger charge is 2.48. The maximum Gasteiger partial charge on any atom is 0.534 e. The molecular formula is C37H29F3N6O9S. The van der Waals surface area contributed by atoms with Crippen LogP contribution in [0.25, 0.3) is 21.8 Å². The monoisotopic (exact) mass is 790 g/mol. The lowest BCUT2D eigenvalue weighted by Crippen LogP contribution is -2.27. The van der Waals surface area contributed by atoms with Crippen LogP contribution in [0.15, 0.2) is 152 Å². The second kappa shape index (κ2) is 18.5. The number of nitro groups is 3. The van der Waals surface area contributed by atoms with Gasteiger partial charge in [-0.15, -0.1) is 0 Å². The zero-order valence-electron chi connectivity index (χ0n) is 28.6. The van der Waals surface area contributed by atoms with Crippen molar-refractivity contribution in [2.75, 3.05) is 11.1 Å². The molecule has 0 aliphatic rings. The van der Waals surface area contributed by atoms with Crippen molar-refractivity contribution in [3.05, 3.63) is 182 Å². The van der Waals surface area contributed by atoms with Crippen LogP contribution in [0, 0.1) is 30.3 Å². The van der Waals surface area contributed by atoms with Crippen molar-refractivity contribution in [3.63, 3.8) is 0 Å². The summed E-state index contributed by atoms with van der Waals surface area (Å²) in [5.74, 6) is -0.371. The summed E-state index contributed by atoms with van der Waals surface area (Å²) in [5.41, 5.74) is 4.43. The van der Waals surface area contributed by atoms with Gasteiger partial charge in [0.15, 0.2) is 0 Å². The first-order valence-electron chi connectivity index (χ1n) is 15.8. The molecule has 0 spiro atoms. The van der Waals surface area contributed by atoms with Gasteiger partial charge in [-0.05, 0) is 60.7 Å². The molecule has 6 aromatic carbocycles. The molecule has 0 bridgehead atoms. The molecule has 19 heteroatoms. The van der Waals surface area contributed by atoms with Crippen LogP contribution in [0.1, 0.15) is 0 Å². The van der Waals surface area contributed by atoms with E-state index in [2.05, 4.69) is 14.5 Å². The van der Waals surface area contributed by atoms with Crippen molar-refractivity contribution in [2.45, 2.75) is 5.51 Å². The second-order valence-electron chi connectivity index (χ2n) is 11.1. The standard InChI is InChI=1S/C12H8N2O2.C12H10N2O2.C7H5F3O3S.C6H6N2O2/c15-14(16)8-5-6-12-10(7-8)9-3-1-2-4-11(9)13-12;15-14(16)12-8-6-11(7-9-12)13-10-4-2-1-3-5-10;8-7(9,10)14(11,12)13-6-4-2-1-3-5-6;7-5-1-3-6(4-2-5)8(9)10/h1-7,13H;1-9,13H;1-5H;1-4H,7H2. The number of hydrogen-bond acceptors (Lipinski definition) is 11. The summed E-state index contributed by atoms with van der Waals surface area (Å²) in [5, 5.41) is 36.3. The first-order valence-corrected chi connectivity index (χ1v) is 17.2. The Morgan fingerprint density at radius 1 is 0.571 bits per heavy atom. The molecular weight excluding hydrogens is 762 g/mol. The molecule has 4 N–H and O–H groups in total. The van der Waals surface area contributed by atoms with E-state index in [-0.39, 0.29) is 27.7 Å². The number of nitrogens with zero attached hydrogens (tertiary/aromatic N) is 3. The zero-order chi connectivity index (χ0) is 40.9. The predicted molar refractivity (Wildman–Crippen MR) is 205 cm³/mol. The lowest BCUT2D eigenvalue weighted by Gasteiger charge is -2.08.